The van der Waals surface area contributed by atoms with Gasteiger partial charge < -0.3 is 15.0 Å². The second kappa shape index (κ2) is 6.15. The average Bonchev–Trinajstić information content (AvgIpc) is 2.74. The maximum absolute atomic E-state index is 12.1. The average molecular weight is 295 g/mol. The largest absolute Gasteiger partial charge is 0.462 e. The molecule has 0 aliphatic rings. The number of esters is 1. The van der Waals surface area contributed by atoms with Gasteiger partial charge in [0.1, 0.15) is 15.5 Å². The van der Waals surface area contributed by atoms with Gasteiger partial charge in [0.05, 0.1) is 18.5 Å². The summed E-state index contributed by atoms with van der Waals surface area (Å²) in [5.41, 5.74) is 0.416. The number of fused-ring (bicyclic) bond motifs is 1. The highest BCUT2D eigenvalue weighted by molar-refractivity contribution is 7.20. The SMILES string of the molecule is CCNCc1nc2sc(C(=O)OCC)c(C)c2c(=O)[nH]1. The molecule has 0 atom stereocenters. The van der Waals surface area contributed by atoms with Gasteiger partial charge in [0.2, 0.25) is 0 Å². The minimum absolute atomic E-state index is 0.216. The maximum atomic E-state index is 12.1. The molecule has 2 rings (SSSR count). The predicted octanol–water partition coefficient (Wildman–Crippen LogP) is 1.58. The van der Waals surface area contributed by atoms with Gasteiger partial charge in [-0.05, 0) is 26.0 Å². The van der Waals surface area contributed by atoms with Crippen LogP contribution in [0.4, 0.5) is 0 Å². The van der Waals surface area contributed by atoms with Crippen molar-refractivity contribution in [1.29, 1.82) is 0 Å². The van der Waals surface area contributed by atoms with Crippen LogP contribution in [-0.4, -0.2) is 29.1 Å². The summed E-state index contributed by atoms with van der Waals surface area (Å²) in [6.07, 6.45) is 0. The van der Waals surface area contributed by atoms with Gasteiger partial charge in [-0.2, -0.15) is 0 Å². The number of nitrogens with zero attached hydrogens (tertiary/aromatic N) is 1. The van der Waals surface area contributed by atoms with Crippen LogP contribution in [0.25, 0.3) is 10.2 Å². The molecule has 7 heteroatoms. The number of aromatic nitrogens is 2. The van der Waals surface area contributed by atoms with E-state index in [-0.39, 0.29) is 5.56 Å². The third kappa shape index (κ3) is 2.73. The molecule has 0 saturated carbocycles. The van der Waals surface area contributed by atoms with E-state index < -0.39 is 5.97 Å². The molecule has 0 aliphatic heterocycles. The lowest BCUT2D eigenvalue weighted by Crippen LogP contribution is -2.18. The summed E-state index contributed by atoms with van der Waals surface area (Å²) in [5, 5.41) is 3.57. The zero-order valence-corrected chi connectivity index (χ0v) is 12.5. The van der Waals surface area contributed by atoms with Gasteiger partial charge in [0.15, 0.2) is 0 Å². The monoisotopic (exact) mass is 295 g/mol. The number of H-pyrrole nitrogens is 1. The Labute approximate surface area is 120 Å². The van der Waals surface area contributed by atoms with Crippen LogP contribution in [0.3, 0.4) is 0 Å². The molecule has 0 fully saturated rings. The van der Waals surface area contributed by atoms with Crippen molar-refractivity contribution in [1.82, 2.24) is 15.3 Å². The Hall–Kier alpha value is -1.73. The fraction of sp³-hybridized carbons (Fsp3) is 0.462. The normalized spacial score (nSPS) is 10.9. The molecule has 0 saturated heterocycles. The first-order valence-electron chi connectivity index (χ1n) is 6.48. The van der Waals surface area contributed by atoms with Crippen molar-refractivity contribution in [3.8, 4) is 0 Å². The molecule has 0 bridgehead atoms. The summed E-state index contributed by atoms with van der Waals surface area (Å²) in [7, 11) is 0. The molecule has 2 heterocycles. The number of aryl methyl sites for hydroxylation is 1. The maximum Gasteiger partial charge on any atom is 0.348 e. The molecule has 0 unspecified atom stereocenters. The molecule has 108 valence electrons. The number of ether oxygens (including phenoxy) is 1. The van der Waals surface area contributed by atoms with Gasteiger partial charge in [-0.25, -0.2) is 9.78 Å². The number of carbonyl (C=O) groups is 1. The van der Waals surface area contributed by atoms with Gasteiger partial charge in [0, 0.05) is 0 Å². The number of aromatic amines is 1. The van der Waals surface area contributed by atoms with Gasteiger partial charge in [0.25, 0.3) is 5.56 Å². The highest BCUT2D eigenvalue weighted by Crippen LogP contribution is 2.27. The van der Waals surface area contributed by atoms with Gasteiger partial charge >= 0.3 is 5.97 Å². The molecular weight excluding hydrogens is 278 g/mol. The summed E-state index contributed by atoms with van der Waals surface area (Å²) < 4.78 is 4.99. The Bertz CT molecular complexity index is 690. The van der Waals surface area contributed by atoms with E-state index in [2.05, 4.69) is 15.3 Å². The molecule has 0 radical (unpaired) electrons. The second-order valence-electron chi connectivity index (χ2n) is 4.25. The first-order chi connectivity index (χ1) is 9.58. The summed E-state index contributed by atoms with van der Waals surface area (Å²) in [6.45, 7) is 7.06. The van der Waals surface area contributed by atoms with Crippen molar-refractivity contribution in [3.05, 3.63) is 26.6 Å². The number of hydrogen-bond donors (Lipinski definition) is 2. The van der Waals surface area contributed by atoms with Crippen LogP contribution in [0.2, 0.25) is 0 Å². The van der Waals surface area contributed by atoms with Crippen molar-refractivity contribution < 1.29 is 9.53 Å². The zero-order chi connectivity index (χ0) is 14.7. The topological polar surface area (TPSA) is 84.1 Å². The number of thiophene rings is 1. The Kier molecular flexibility index (Phi) is 4.51. The fourth-order valence-corrected chi connectivity index (χ4v) is 3.00. The second-order valence-corrected chi connectivity index (χ2v) is 5.25. The molecule has 2 N–H and O–H groups in total. The van der Waals surface area contributed by atoms with E-state index in [4.69, 9.17) is 4.74 Å². The molecular formula is C13H17N3O3S. The number of carbonyl (C=O) groups excluding carboxylic acids is 1. The number of hydrogen-bond acceptors (Lipinski definition) is 6. The smallest absolute Gasteiger partial charge is 0.348 e. The van der Waals surface area contributed by atoms with Crippen molar-refractivity contribution >= 4 is 27.5 Å². The van der Waals surface area contributed by atoms with E-state index in [0.29, 0.717) is 39.6 Å². The van der Waals surface area contributed by atoms with E-state index in [1.54, 1.807) is 13.8 Å². The molecule has 0 aromatic carbocycles. The van der Waals surface area contributed by atoms with Crippen LogP contribution in [-0.2, 0) is 11.3 Å². The summed E-state index contributed by atoms with van der Waals surface area (Å²) >= 11 is 1.20. The summed E-state index contributed by atoms with van der Waals surface area (Å²) in [5.74, 6) is 0.168. The van der Waals surface area contributed by atoms with Gasteiger partial charge in [-0.3, -0.25) is 4.79 Å². The summed E-state index contributed by atoms with van der Waals surface area (Å²) in [6, 6.07) is 0. The predicted molar refractivity (Wildman–Crippen MR) is 78.3 cm³/mol. The summed E-state index contributed by atoms with van der Waals surface area (Å²) in [4.78, 5) is 32.1. The lowest BCUT2D eigenvalue weighted by molar-refractivity contribution is 0.0531. The Morgan fingerprint density at radius 1 is 1.45 bits per heavy atom. The lowest BCUT2D eigenvalue weighted by Gasteiger charge is -2.01. The van der Waals surface area contributed by atoms with E-state index in [9.17, 15) is 9.59 Å². The fourth-order valence-electron chi connectivity index (χ4n) is 1.91. The van der Waals surface area contributed by atoms with E-state index >= 15 is 0 Å². The molecule has 0 aliphatic carbocycles. The highest BCUT2D eigenvalue weighted by Gasteiger charge is 2.19. The highest BCUT2D eigenvalue weighted by atomic mass is 32.1. The van der Waals surface area contributed by atoms with Crippen molar-refractivity contribution in [3.63, 3.8) is 0 Å². The van der Waals surface area contributed by atoms with E-state index in [0.717, 1.165) is 6.54 Å². The van der Waals surface area contributed by atoms with E-state index in [1.165, 1.54) is 11.3 Å². The van der Waals surface area contributed by atoms with Crippen molar-refractivity contribution in [2.75, 3.05) is 13.2 Å². The van der Waals surface area contributed by atoms with Crippen molar-refractivity contribution in [2.45, 2.75) is 27.3 Å². The molecule has 0 amide bonds. The Morgan fingerprint density at radius 3 is 2.85 bits per heavy atom. The Balaban J connectivity index is 2.50. The molecule has 6 nitrogen and oxygen atoms in total. The minimum atomic E-state index is -0.402. The third-order valence-electron chi connectivity index (χ3n) is 2.85. The van der Waals surface area contributed by atoms with E-state index in [1.807, 2.05) is 6.92 Å². The van der Waals surface area contributed by atoms with Crippen LogP contribution in [0.1, 0.15) is 34.9 Å². The van der Waals surface area contributed by atoms with Crippen LogP contribution >= 0.6 is 11.3 Å². The number of rotatable bonds is 5. The first-order valence-corrected chi connectivity index (χ1v) is 7.30. The van der Waals surface area contributed by atoms with Gasteiger partial charge in [-0.1, -0.05) is 6.92 Å². The molecule has 2 aromatic heterocycles. The molecule has 20 heavy (non-hydrogen) atoms. The molecule has 2 aromatic rings. The lowest BCUT2D eigenvalue weighted by atomic mass is 10.2. The Morgan fingerprint density at radius 2 is 2.20 bits per heavy atom. The third-order valence-corrected chi connectivity index (χ3v) is 4.02. The van der Waals surface area contributed by atoms with Gasteiger partial charge in [-0.15, -0.1) is 11.3 Å². The van der Waals surface area contributed by atoms with Crippen LogP contribution in [0.5, 0.6) is 0 Å². The minimum Gasteiger partial charge on any atom is -0.462 e. The quantitative estimate of drug-likeness (QED) is 0.818. The van der Waals surface area contributed by atoms with Crippen molar-refractivity contribution in [2.24, 2.45) is 0 Å². The first kappa shape index (κ1) is 14.7. The van der Waals surface area contributed by atoms with Crippen LogP contribution in [0, 0.1) is 6.92 Å². The molecule has 0 spiro atoms. The van der Waals surface area contributed by atoms with Crippen LogP contribution < -0.4 is 10.9 Å². The van der Waals surface area contributed by atoms with Crippen LogP contribution in [0.15, 0.2) is 4.79 Å². The number of nitrogens with one attached hydrogen (secondary N) is 2. The standard InChI is InChI=1S/C13H17N3O3S/c1-4-14-6-8-15-11(17)9-7(3)10(13(18)19-5-2)20-12(9)16-8/h14H,4-6H2,1-3H3,(H,15,16,17). The zero-order valence-electron chi connectivity index (χ0n) is 11.7.